The Labute approximate surface area is 136 Å². The van der Waals surface area contributed by atoms with Crippen molar-refractivity contribution in [3.8, 4) is 5.88 Å². The maximum absolute atomic E-state index is 12.0. The van der Waals surface area contributed by atoms with Gasteiger partial charge in [-0.05, 0) is 36.2 Å². The molecule has 23 heavy (non-hydrogen) atoms. The molecule has 1 unspecified atom stereocenters. The molecule has 1 aromatic heterocycles. The van der Waals surface area contributed by atoms with E-state index in [0.29, 0.717) is 30.3 Å². The molecule has 1 aromatic carbocycles. The zero-order valence-corrected chi connectivity index (χ0v) is 13.8. The zero-order valence-electron chi connectivity index (χ0n) is 13.8. The number of nitrogens with one attached hydrogen (secondary N) is 2. The first kappa shape index (κ1) is 17.0. The van der Waals surface area contributed by atoms with Gasteiger partial charge in [-0.15, -0.1) is 0 Å². The van der Waals surface area contributed by atoms with Gasteiger partial charge in [-0.25, -0.2) is 0 Å². The summed E-state index contributed by atoms with van der Waals surface area (Å²) in [7, 11) is 1.55. The van der Waals surface area contributed by atoms with E-state index in [-0.39, 0.29) is 11.9 Å². The van der Waals surface area contributed by atoms with Crippen LogP contribution in [-0.2, 0) is 6.54 Å². The summed E-state index contributed by atoms with van der Waals surface area (Å²) in [6, 6.07) is 9.33. The van der Waals surface area contributed by atoms with Crippen LogP contribution in [0, 0.1) is 0 Å². The third-order valence-electron chi connectivity index (χ3n) is 3.48. The molecule has 0 spiro atoms. The molecule has 6 heteroatoms. The van der Waals surface area contributed by atoms with Gasteiger partial charge in [0.1, 0.15) is 0 Å². The molecule has 0 aliphatic heterocycles. The van der Waals surface area contributed by atoms with Crippen molar-refractivity contribution >= 4 is 5.91 Å². The zero-order chi connectivity index (χ0) is 16.7. The Morgan fingerprint density at radius 3 is 2.91 bits per heavy atom. The fraction of sp³-hybridized carbons (Fsp3) is 0.412. The maximum atomic E-state index is 12.0. The molecule has 2 rings (SSSR count). The van der Waals surface area contributed by atoms with Gasteiger partial charge in [0, 0.05) is 24.7 Å². The average molecular weight is 317 g/mol. The lowest BCUT2D eigenvalue weighted by Gasteiger charge is -2.11. The third-order valence-corrected chi connectivity index (χ3v) is 3.48. The minimum absolute atomic E-state index is 0.0102. The molecule has 124 valence electrons. The fourth-order valence-corrected chi connectivity index (χ4v) is 2.11. The second kappa shape index (κ2) is 8.33. The summed E-state index contributed by atoms with van der Waals surface area (Å²) < 4.78 is 10.2. The lowest BCUT2D eigenvalue weighted by molar-refractivity contribution is 0.0953. The SMILES string of the molecule is CCCNC(=O)c1cccc(CNC(C)c2cc(OC)no2)c1. The first-order valence-corrected chi connectivity index (χ1v) is 7.75. The number of carbonyl (C=O) groups excluding carboxylic acids is 1. The largest absolute Gasteiger partial charge is 0.479 e. The molecule has 1 heterocycles. The quantitative estimate of drug-likeness (QED) is 0.783. The van der Waals surface area contributed by atoms with E-state index in [1.807, 2.05) is 38.1 Å². The number of methoxy groups -OCH3 is 1. The van der Waals surface area contributed by atoms with Crippen LogP contribution in [0.25, 0.3) is 0 Å². The smallest absolute Gasteiger partial charge is 0.254 e. The Kier molecular flexibility index (Phi) is 6.17. The van der Waals surface area contributed by atoms with Crippen LogP contribution in [0.1, 0.15) is 48.0 Å². The molecule has 0 aliphatic carbocycles. The second-order valence-corrected chi connectivity index (χ2v) is 5.33. The number of aromatic nitrogens is 1. The molecule has 2 N–H and O–H groups in total. The van der Waals surface area contributed by atoms with Gasteiger partial charge >= 0.3 is 0 Å². The highest BCUT2D eigenvalue weighted by molar-refractivity contribution is 5.94. The molecule has 0 aliphatic rings. The number of hydrogen-bond donors (Lipinski definition) is 2. The Morgan fingerprint density at radius 1 is 1.39 bits per heavy atom. The number of rotatable bonds is 8. The van der Waals surface area contributed by atoms with Gasteiger partial charge in [-0.3, -0.25) is 4.79 Å². The molecule has 0 radical (unpaired) electrons. The summed E-state index contributed by atoms with van der Waals surface area (Å²) in [5, 5.41) is 10.0. The normalized spacial score (nSPS) is 12.0. The summed E-state index contributed by atoms with van der Waals surface area (Å²) >= 11 is 0. The Morgan fingerprint density at radius 2 is 2.22 bits per heavy atom. The van der Waals surface area contributed by atoms with Crippen LogP contribution in [0.2, 0.25) is 0 Å². The number of nitrogens with zero attached hydrogens (tertiary/aromatic N) is 1. The number of benzene rings is 1. The lowest BCUT2D eigenvalue weighted by atomic mass is 10.1. The monoisotopic (exact) mass is 317 g/mol. The van der Waals surface area contributed by atoms with Crippen molar-refractivity contribution in [3.63, 3.8) is 0 Å². The van der Waals surface area contributed by atoms with E-state index in [1.54, 1.807) is 13.2 Å². The molecule has 0 fully saturated rings. The predicted molar refractivity (Wildman–Crippen MR) is 87.4 cm³/mol. The van der Waals surface area contributed by atoms with Crippen molar-refractivity contribution in [2.75, 3.05) is 13.7 Å². The molecular weight excluding hydrogens is 294 g/mol. The van der Waals surface area contributed by atoms with E-state index < -0.39 is 0 Å². The second-order valence-electron chi connectivity index (χ2n) is 5.33. The van der Waals surface area contributed by atoms with E-state index in [4.69, 9.17) is 9.26 Å². The van der Waals surface area contributed by atoms with Crippen molar-refractivity contribution in [2.24, 2.45) is 0 Å². The summed E-state index contributed by atoms with van der Waals surface area (Å²) in [5.74, 6) is 1.13. The van der Waals surface area contributed by atoms with Crippen molar-refractivity contribution in [1.29, 1.82) is 0 Å². The van der Waals surface area contributed by atoms with Gasteiger partial charge in [0.05, 0.1) is 13.2 Å². The van der Waals surface area contributed by atoms with Gasteiger partial charge < -0.3 is 19.9 Å². The van der Waals surface area contributed by atoms with Crippen LogP contribution in [0.5, 0.6) is 5.88 Å². The van der Waals surface area contributed by atoms with Crippen molar-refractivity contribution in [3.05, 3.63) is 47.2 Å². The number of carbonyl (C=O) groups is 1. The van der Waals surface area contributed by atoms with Gasteiger partial charge in [-0.1, -0.05) is 19.1 Å². The van der Waals surface area contributed by atoms with Crippen molar-refractivity contribution < 1.29 is 14.1 Å². The lowest BCUT2D eigenvalue weighted by Crippen LogP contribution is -2.24. The van der Waals surface area contributed by atoms with Crippen molar-refractivity contribution in [2.45, 2.75) is 32.9 Å². The number of ether oxygens (including phenoxy) is 1. The number of hydrogen-bond acceptors (Lipinski definition) is 5. The molecule has 6 nitrogen and oxygen atoms in total. The first-order chi connectivity index (χ1) is 11.1. The highest BCUT2D eigenvalue weighted by atomic mass is 16.5. The molecule has 1 amide bonds. The highest BCUT2D eigenvalue weighted by Crippen LogP contribution is 2.18. The highest BCUT2D eigenvalue weighted by Gasteiger charge is 2.12. The van der Waals surface area contributed by atoms with Crippen molar-refractivity contribution in [1.82, 2.24) is 15.8 Å². The summed E-state index contributed by atoms with van der Waals surface area (Å²) in [6.07, 6.45) is 0.922. The van der Waals surface area contributed by atoms with E-state index in [2.05, 4.69) is 15.8 Å². The predicted octanol–water partition coefficient (Wildman–Crippen LogP) is 2.67. The molecule has 0 saturated carbocycles. The molecule has 0 bridgehead atoms. The minimum atomic E-state index is -0.0401. The van der Waals surface area contributed by atoms with E-state index in [1.165, 1.54) is 0 Å². The molecule has 2 aromatic rings. The summed E-state index contributed by atoms with van der Waals surface area (Å²) in [6.45, 7) is 5.32. The van der Waals surface area contributed by atoms with Gasteiger partial charge in [0.25, 0.3) is 11.8 Å². The Hall–Kier alpha value is -2.34. The summed E-state index contributed by atoms with van der Waals surface area (Å²) in [4.78, 5) is 12.0. The van der Waals surface area contributed by atoms with E-state index in [0.717, 1.165) is 12.0 Å². The molecule has 1 atom stereocenters. The van der Waals surface area contributed by atoms with E-state index >= 15 is 0 Å². The van der Waals surface area contributed by atoms with Crippen LogP contribution in [-0.4, -0.2) is 24.7 Å². The minimum Gasteiger partial charge on any atom is -0.479 e. The van der Waals surface area contributed by atoms with Crippen LogP contribution in [0.3, 0.4) is 0 Å². The molecular formula is C17H23N3O3. The maximum Gasteiger partial charge on any atom is 0.254 e. The average Bonchev–Trinajstić information content (AvgIpc) is 3.07. The Balaban J connectivity index is 1.93. The molecule has 0 saturated heterocycles. The topological polar surface area (TPSA) is 76.4 Å². The van der Waals surface area contributed by atoms with Crippen LogP contribution in [0.4, 0.5) is 0 Å². The van der Waals surface area contributed by atoms with E-state index in [9.17, 15) is 4.79 Å². The van der Waals surface area contributed by atoms with Crippen LogP contribution < -0.4 is 15.4 Å². The number of amides is 1. The van der Waals surface area contributed by atoms with Gasteiger partial charge in [0.15, 0.2) is 5.76 Å². The van der Waals surface area contributed by atoms with Crippen LogP contribution >= 0.6 is 0 Å². The van der Waals surface area contributed by atoms with Gasteiger partial charge in [0.2, 0.25) is 0 Å². The first-order valence-electron chi connectivity index (χ1n) is 7.75. The standard InChI is InChI=1S/C17H23N3O3/c1-4-8-18-17(21)14-7-5-6-13(9-14)11-19-12(2)15-10-16(22-3)20-23-15/h5-7,9-10,12,19H,4,8,11H2,1-3H3,(H,18,21). The summed E-state index contributed by atoms with van der Waals surface area (Å²) in [5.41, 5.74) is 1.71. The van der Waals surface area contributed by atoms with Crippen LogP contribution in [0.15, 0.2) is 34.9 Å². The van der Waals surface area contributed by atoms with Gasteiger partial charge in [-0.2, -0.15) is 0 Å². The third kappa shape index (κ3) is 4.82. The fourth-order valence-electron chi connectivity index (χ4n) is 2.11. The Bertz CT molecular complexity index is 640.